The Morgan fingerprint density at radius 1 is 1.50 bits per heavy atom. The largest absolute Gasteiger partial charge is 0.351 e. The third-order valence-electron chi connectivity index (χ3n) is 1.65. The van der Waals surface area contributed by atoms with Gasteiger partial charge >= 0.3 is 0 Å². The van der Waals surface area contributed by atoms with E-state index in [4.69, 9.17) is 0 Å². The average molecular weight is 368 g/mol. The number of benzene rings is 1. The number of amides is 1. The summed E-state index contributed by atoms with van der Waals surface area (Å²) in [6.45, 7) is 2.64. The van der Waals surface area contributed by atoms with Crippen molar-refractivity contribution < 1.29 is 4.79 Å². The van der Waals surface area contributed by atoms with Crippen LogP contribution in [0.2, 0.25) is 0 Å². The van der Waals surface area contributed by atoms with E-state index in [-0.39, 0.29) is 5.91 Å². The van der Waals surface area contributed by atoms with Gasteiger partial charge in [-0.2, -0.15) is 0 Å². The molecule has 0 fully saturated rings. The van der Waals surface area contributed by atoms with Crippen molar-refractivity contribution in [3.05, 3.63) is 33.4 Å². The van der Waals surface area contributed by atoms with Crippen molar-refractivity contribution in [3.8, 4) is 0 Å². The summed E-state index contributed by atoms with van der Waals surface area (Å²) >= 11 is 5.58. The maximum Gasteiger partial charge on any atom is 0.251 e. The molecule has 1 atom stereocenters. The van der Waals surface area contributed by atoms with Gasteiger partial charge in [0.1, 0.15) is 0 Å². The fourth-order valence-electron chi connectivity index (χ4n) is 0.937. The highest BCUT2D eigenvalue weighted by molar-refractivity contribution is 14.1. The molecule has 1 aromatic carbocycles. The summed E-state index contributed by atoms with van der Waals surface area (Å²) in [5.74, 6) is -0.0206. The van der Waals surface area contributed by atoms with Gasteiger partial charge in [-0.3, -0.25) is 4.79 Å². The van der Waals surface area contributed by atoms with Crippen molar-refractivity contribution in [2.24, 2.45) is 0 Å². The number of alkyl halides is 1. The molecule has 0 aliphatic heterocycles. The van der Waals surface area contributed by atoms with Crippen LogP contribution in [0.15, 0.2) is 24.3 Å². The predicted molar refractivity (Wildman–Crippen MR) is 69.9 cm³/mol. The smallest absolute Gasteiger partial charge is 0.251 e. The second-order valence-corrected chi connectivity index (χ2v) is 5.81. The van der Waals surface area contributed by atoms with Gasteiger partial charge in [0.25, 0.3) is 5.91 Å². The Balaban J connectivity index is 2.57. The number of carbonyl (C=O) groups is 1. The molecule has 0 aromatic heterocycles. The Labute approximate surface area is 106 Å². The minimum absolute atomic E-state index is 0.0206. The van der Waals surface area contributed by atoms with Gasteiger partial charge in [0.15, 0.2) is 0 Å². The van der Waals surface area contributed by atoms with Crippen molar-refractivity contribution in [1.82, 2.24) is 5.32 Å². The summed E-state index contributed by atoms with van der Waals surface area (Å²) < 4.78 is 1.13. The van der Waals surface area contributed by atoms with Crippen LogP contribution in [0.4, 0.5) is 0 Å². The van der Waals surface area contributed by atoms with Crippen LogP contribution in [0, 0.1) is 3.57 Å². The summed E-state index contributed by atoms with van der Waals surface area (Å²) in [6.07, 6.45) is 0. The highest BCUT2D eigenvalue weighted by Gasteiger charge is 2.05. The molecule has 0 heterocycles. The molecule has 1 N–H and O–H groups in total. The first-order chi connectivity index (χ1) is 6.59. The first-order valence-corrected chi connectivity index (χ1v) is 6.27. The Hall–Kier alpha value is -0.100. The average Bonchev–Trinajstić information content (AvgIpc) is 2.15. The third kappa shape index (κ3) is 3.96. The molecule has 0 bridgehead atoms. The molecule has 1 amide bonds. The van der Waals surface area contributed by atoms with E-state index in [2.05, 4.69) is 43.8 Å². The standard InChI is InChI=1S/C10H11BrINO/c1-7(11)6-13-10(14)8-2-4-9(12)5-3-8/h2-5,7H,6H2,1H3,(H,13,14). The molecule has 4 heteroatoms. The van der Waals surface area contributed by atoms with Gasteiger partial charge in [0, 0.05) is 20.5 Å². The molecule has 1 rings (SSSR count). The molecule has 1 aromatic rings. The quantitative estimate of drug-likeness (QED) is 0.646. The van der Waals surface area contributed by atoms with Gasteiger partial charge in [-0.15, -0.1) is 0 Å². The van der Waals surface area contributed by atoms with E-state index >= 15 is 0 Å². The molecule has 76 valence electrons. The Kier molecular flexibility index (Phi) is 4.88. The molecule has 1 unspecified atom stereocenters. The minimum atomic E-state index is -0.0206. The van der Waals surface area contributed by atoms with E-state index in [0.29, 0.717) is 16.9 Å². The molecular formula is C10H11BrINO. The van der Waals surface area contributed by atoms with Crippen molar-refractivity contribution >= 4 is 44.4 Å². The molecule has 2 nitrogen and oxygen atoms in total. The van der Waals surface area contributed by atoms with Crippen LogP contribution in [0.3, 0.4) is 0 Å². The number of halogens is 2. The van der Waals surface area contributed by atoms with Crippen molar-refractivity contribution in [2.75, 3.05) is 6.54 Å². The third-order valence-corrected chi connectivity index (χ3v) is 2.69. The number of hydrogen-bond donors (Lipinski definition) is 1. The van der Waals surface area contributed by atoms with E-state index in [1.807, 2.05) is 31.2 Å². The maximum absolute atomic E-state index is 11.5. The van der Waals surface area contributed by atoms with E-state index in [1.54, 1.807) is 0 Å². The molecule has 0 spiro atoms. The summed E-state index contributed by atoms with van der Waals surface area (Å²) in [4.78, 5) is 11.8. The molecular weight excluding hydrogens is 357 g/mol. The van der Waals surface area contributed by atoms with E-state index < -0.39 is 0 Å². The lowest BCUT2D eigenvalue weighted by atomic mass is 10.2. The van der Waals surface area contributed by atoms with Crippen LogP contribution in [-0.4, -0.2) is 17.3 Å². The van der Waals surface area contributed by atoms with Gasteiger partial charge in [0.2, 0.25) is 0 Å². The van der Waals surface area contributed by atoms with Crippen LogP contribution >= 0.6 is 38.5 Å². The van der Waals surface area contributed by atoms with Crippen LogP contribution in [0.25, 0.3) is 0 Å². The van der Waals surface area contributed by atoms with Crippen molar-refractivity contribution in [2.45, 2.75) is 11.8 Å². The van der Waals surface area contributed by atoms with Gasteiger partial charge in [-0.1, -0.05) is 22.9 Å². The summed E-state index contributed by atoms with van der Waals surface area (Å²) in [5.41, 5.74) is 0.707. The van der Waals surface area contributed by atoms with E-state index in [1.165, 1.54) is 0 Å². The van der Waals surface area contributed by atoms with Gasteiger partial charge in [-0.05, 0) is 46.9 Å². The Bertz CT molecular complexity index is 310. The lowest BCUT2D eigenvalue weighted by Crippen LogP contribution is -2.28. The number of rotatable bonds is 3. The SMILES string of the molecule is CC(Br)CNC(=O)c1ccc(I)cc1. The Morgan fingerprint density at radius 2 is 2.07 bits per heavy atom. The first-order valence-electron chi connectivity index (χ1n) is 4.27. The van der Waals surface area contributed by atoms with Gasteiger partial charge in [-0.25, -0.2) is 0 Å². The van der Waals surface area contributed by atoms with Crippen LogP contribution in [-0.2, 0) is 0 Å². The number of hydrogen-bond acceptors (Lipinski definition) is 1. The summed E-state index contributed by atoms with van der Waals surface area (Å²) in [5, 5.41) is 2.83. The highest BCUT2D eigenvalue weighted by Crippen LogP contribution is 2.06. The summed E-state index contributed by atoms with van der Waals surface area (Å²) in [7, 11) is 0. The number of nitrogens with one attached hydrogen (secondary N) is 1. The molecule has 0 aliphatic carbocycles. The topological polar surface area (TPSA) is 29.1 Å². The van der Waals surface area contributed by atoms with Gasteiger partial charge in [0.05, 0.1) is 0 Å². The second-order valence-electron chi connectivity index (χ2n) is 3.00. The lowest BCUT2D eigenvalue weighted by Gasteiger charge is -2.06. The Morgan fingerprint density at radius 3 is 2.57 bits per heavy atom. The number of carbonyl (C=O) groups excluding carboxylic acids is 1. The predicted octanol–water partition coefficient (Wildman–Crippen LogP) is 2.80. The van der Waals surface area contributed by atoms with Crippen molar-refractivity contribution in [1.29, 1.82) is 0 Å². The molecule has 0 saturated carbocycles. The van der Waals surface area contributed by atoms with E-state index in [9.17, 15) is 4.79 Å². The zero-order valence-electron chi connectivity index (χ0n) is 7.76. The van der Waals surface area contributed by atoms with Gasteiger partial charge < -0.3 is 5.32 Å². The van der Waals surface area contributed by atoms with Crippen LogP contribution in [0.1, 0.15) is 17.3 Å². The highest BCUT2D eigenvalue weighted by atomic mass is 127. The van der Waals surface area contributed by atoms with Crippen LogP contribution < -0.4 is 5.32 Å². The molecule has 14 heavy (non-hydrogen) atoms. The summed E-state index contributed by atoms with van der Waals surface area (Å²) in [6, 6.07) is 7.51. The van der Waals surface area contributed by atoms with Crippen molar-refractivity contribution in [3.63, 3.8) is 0 Å². The minimum Gasteiger partial charge on any atom is -0.351 e. The first kappa shape index (κ1) is 12.0. The zero-order valence-corrected chi connectivity index (χ0v) is 11.5. The molecule has 0 radical (unpaired) electrons. The van der Waals surface area contributed by atoms with Crippen LogP contribution in [0.5, 0.6) is 0 Å². The fourth-order valence-corrected chi connectivity index (χ4v) is 1.46. The zero-order chi connectivity index (χ0) is 10.6. The monoisotopic (exact) mass is 367 g/mol. The maximum atomic E-state index is 11.5. The molecule has 0 aliphatic rings. The second kappa shape index (κ2) is 5.70. The lowest BCUT2D eigenvalue weighted by molar-refractivity contribution is 0.0954. The normalized spacial score (nSPS) is 12.2. The fraction of sp³-hybridized carbons (Fsp3) is 0.300. The van der Waals surface area contributed by atoms with E-state index in [0.717, 1.165) is 3.57 Å². The molecule has 0 saturated heterocycles.